The first-order valence-corrected chi connectivity index (χ1v) is 9.53. The molecule has 1 aliphatic rings. The van der Waals surface area contributed by atoms with Gasteiger partial charge in [-0.05, 0) is 37.1 Å². The Kier molecular flexibility index (Phi) is 4.88. The summed E-state index contributed by atoms with van der Waals surface area (Å²) >= 11 is 2.41. The van der Waals surface area contributed by atoms with Crippen molar-refractivity contribution in [2.75, 3.05) is 16.8 Å². The van der Waals surface area contributed by atoms with Gasteiger partial charge in [0.15, 0.2) is 9.79 Å². The number of halogens is 1. The highest BCUT2D eigenvalue weighted by atomic mass is 79.9. The van der Waals surface area contributed by atoms with Gasteiger partial charge in [-0.2, -0.15) is 0 Å². The van der Waals surface area contributed by atoms with Crippen LogP contribution in [0.15, 0.2) is 58.3 Å². The smallest absolute Gasteiger partial charge is 0.182 e. The van der Waals surface area contributed by atoms with Gasteiger partial charge in [-0.15, -0.1) is 0 Å². The monoisotopic (exact) mass is 363 g/mol. The number of hydrogen-bond donors (Lipinski definition) is 0. The van der Waals surface area contributed by atoms with Gasteiger partial charge in [0.25, 0.3) is 0 Å². The van der Waals surface area contributed by atoms with Gasteiger partial charge in [0.1, 0.15) is 0 Å². The summed E-state index contributed by atoms with van der Waals surface area (Å²) in [5.74, 6) is 0. The molecule has 2 aromatic rings. The van der Waals surface area contributed by atoms with Crippen LogP contribution in [0.25, 0.3) is 0 Å². The Morgan fingerprint density at radius 1 is 0.857 bits per heavy atom. The molecule has 0 amide bonds. The average Bonchev–Trinajstić information content (AvgIpc) is 2.54. The van der Waals surface area contributed by atoms with Gasteiger partial charge in [-0.1, -0.05) is 46.6 Å². The summed E-state index contributed by atoms with van der Waals surface area (Å²) in [5, 5.41) is 1.06. The first kappa shape index (κ1) is 14.9. The SMILES string of the molecule is [O-][S+]1c2ccccc2N(CCCCCBr)c2ccccc21. The number of anilines is 2. The number of benzene rings is 2. The second-order valence-electron chi connectivity index (χ2n) is 5.11. The molecule has 4 heteroatoms. The topological polar surface area (TPSA) is 26.3 Å². The van der Waals surface area contributed by atoms with Gasteiger partial charge < -0.3 is 9.45 Å². The van der Waals surface area contributed by atoms with Crippen LogP contribution in [-0.2, 0) is 11.2 Å². The lowest BCUT2D eigenvalue weighted by atomic mass is 10.2. The fourth-order valence-electron chi connectivity index (χ4n) is 2.70. The fraction of sp³-hybridized carbons (Fsp3) is 0.294. The molecule has 1 heterocycles. The Labute approximate surface area is 137 Å². The first-order valence-electron chi connectivity index (χ1n) is 7.26. The van der Waals surface area contributed by atoms with Crippen molar-refractivity contribution in [3.63, 3.8) is 0 Å². The van der Waals surface area contributed by atoms with Crippen molar-refractivity contribution < 1.29 is 4.55 Å². The van der Waals surface area contributed by atoms with E-state index in [0.717, 1.165) is 39.5 Å². The van der Waals surface area contributed by atoms with Crippen molar-refractivity contribution in [3.8, 4) is 0 Å². The summed E-state index contributed by atoms with van der Waals surface area (Å²) in [6.07, 6.45) is 3.54. The van der Waals surface area contributed by atoms with E-state index in [4.69, 9.17) is 0 Å². The molecule has 0 spiro atoms. The number of unbranched alkanes of at least 4 members (excludes halogenated alkanes) is 2. The summed E-state index contributed by atoms with van der Waals surface area (Å²) in [6.45, 7) is 0.970. The molecule has 0 aromatic heterocycles. The number of nitrogens with zero attached hydrogens (tertiary/aromatic N) is 1. The van der Waals surface area contributed by atoms with Crippen LogP contribution in [-0.4, -0.2) is 16.4 Å². The second-order valence-corrected chi connectivity index (χ2v) is 7.32. The van der Waals surface area contributed by atoms with Crippen molar-refractivity contribution in [1.29, 1.82) is 0 Å². The van der Waals surface area contributed by atoms with Crippen LogP contribution in [0.4, 0.5) is 11.4 Å². The van der Waals surface area contributed by atoms with Crippen LogP contribution in [0.3, 0.4) is 0 Å². The predicted molar refractivity (Wildman–Crippen MR) is 92.2 cm³/mol. The van der Waals surface area contributed by atoms with Crippen LogP contribution < -0.4 is 4.90 Å². The molecule has 0 saturated carbocycles. The summed E-state index contributed by atoms with van der Waals surface area (Å²) in [7, 11) is 0. The summed E-state index contributed by atoms with van der Waals surface area (Å²) < 4.78 is 12.7. The molecule has 21 heavy (non-hydrogen) atoms. The van der Waals surface area contributed by atoms with Gasteiger partial charge in [-0.25, -0.2) is 0 Å². The summed E-state index contributed by atoms with van der Waals surface area (Å²) in [6, 6.07) is 16.1. The number of para-hydroxylation sites is 2. The third-order valence-corrected chi connectivity index (χ3v) is 5.78. The largest absolute Gasteiger partial charge is 0.606 e. The maximum absolute atomic E-state index is 12.7. The molecular weight excluding hydrogens is 346 g/mol. The van der Waals surface area contributed by atoms with Crippen molar-refractivity contribution in [2.24, 2.45) is 0 Å². The van der Waals surface area contributed by atoms with Gasteiger partial charge >= 0.3 is 0 Å². The van der Waals surface area contributed by atoms with E-state index >= 15 is 0 Å². The van der Waals surface area contributed by atoms with E-state index in [1.54, 1.807) is 0 Å². The molecule has 0 aliphatic carbocycles. The van der Waals surface area contributed by atoms with E-state index < -0.39 is 11.2 Å². The summed E-state index contributed by atoms with van der Waals surface area (Å²) in [5.41, 5.74) is 2.18. The molecular formula is C17H18BrNOS. The van der Waals surface area contributed by atoms with E-state index in [1.165, 1.54) is 12.8 Å². The van der Waals surface area contributed by atoms with Gasteiger partial charge in [0, 0.05) is 23.1 Å². The van der Waals surface area contributed by atoms with E-state index in [9.17, 15) is 4.55 Å². The summed E-state index contributed by atoms with van der Waals surface area (Å²) in [4.78, 5) is 4.17. The van der Waals surface area contributed by atoms with Crippen molar-refractivity contribution >= 4 is 38.5 Å². The number of rotatable bonds is 5. The minimum atomic E-state index is -1.07. The van der Waals surface area contributed by atoms with Crippen molar-refractivity contribution in [2.45, 2.75) is 29.1 Å². The zero-order chi connectivity index (χ0) is 14.7. The van der Waals surface area contributed by atoms with Crippen molar-refractivity contribution in [3.05, 3.63) is 48.5 Å². The molecule has 0 atom stereocenters. The Balaban J connectivity index is 1.93. The Morgan fingerprint density at radius 2 is 1.43 bits per heavy atom. The molecule has 0 saturated heterocycles. The molecule has 0 bridgehead atoms. The zero-order valence-electron chi connectivity index (χ0n) is 11.8. The van der Waals surface area contributed by atoms with Crippen LogP contribution in [0.5, 0.6) is 0 Å². The normalized spacial score (nSPS) is 13.9. The molecule has 0 fully saturated rings. The van der Waals surface area contributed by atoms with Crippen LogP contribution in [0, 0.1) is 0 Å². The van der Waals surface area contributed by atoms with E-state index in [0.29, 0.717) is 0 Å². The molecule has 0 unspecified atom stereocenters. The van der Waals surface area contributed by atoms with Crippen LogP contribution in [0.1, 0.15) is 19.3 Å². The molecule has 110 valence electrons. The third kappa shape index (κ3) is 2.98. The molecule has 0 radical (unpaired) electrons. The standard InChI is InChI=1S/C17H18BrNOS/c18-12-6-1-7-13-19-14-8-2-4-10-16(14)21(20)17-11-5-3-9-15(17)19/h2-5,8-11H,1,6-7,12-13H2. The number of fused-ring (bicyclic) bond motifs is 2. The molecule has 1 aliphatic heterocycles. The maximum atomic E-state index is 12.7. The Morgan fingerprint density at radius 3 is 2.00 bits per heavy atom. The minimum absolute atomic E-state index is 0.927. The van der Waals surface area contributed by atoms with Crippen LogP contribution >= 0.6 is 15.9 Å². The van der Waals surface area contributed by atoms with E-state index in [-0.39, 0.29) is 0 Å². The molecule has 2 aromatic carbocycles. The maximum Gasteiger partial charge on any atom is 0.182 e. The molecule has 3 rings (SSSR count). The first-order chi connectivity index (χ1) is 10.3. The van der Waals surface area contributed by atoms with Crippen LogP contribution in [0.2, 0.25) is 0 Å². The highest BCUT2D eigenvalue weighted by Crippen LogP contribution is 2.43. The minimum Gasteiger partial charge on any atom is -0.606 e. The average molecular weight is 364 g/mol. The Bertz CT molecular complexity index is 572. The van der Waals surface area contributed by atoms with Gasteiger partial charge in [-0.3, -0.25) is 0 Å². The Hall–Kier alpha value is -0.970. The van der Waals surface area contributed by atoms with E-state index in [2.05, 4.69) is 33.0 Å². The highest BCUT2D eigenvalue weighted by molar-refractivity contribution is 9.09. The quantitative estimate of drug-likeness (QED) is 0.430. The van der Waals surface area contributed by atoms with Crippen molar-refractivity contribution in [1.82, 2.24) is 0 Å². The third-order valence-electron chi connectivity index (χ3n) is 3.73. The second kappa shape index (κ2) is 6.86. The highest BCUT2D eigenvalue weighted by Gasteiger charge is 2.32. The lowest BCUT2D eigenvalue weighted by Crippen LogP contribution is -2.26. The fourth-order valence-corrected chi connectivity index (χ4v) is 4.48. The van der Waals surface area contributed by atoms with Gasteiger partial charge in [0.2, 0.25) is 0 Å². The number of hydrogen-bond acceptors (Lipinski definition) is 2. The predicted octanol–water partition coefficient (Wildman–Crippen LogP) is 4.87. The lowest BCUT2D eigenvalue weighted by Gasteiger charge is -2.32. The molecule has 0 N–H and O–H groups in total. The van der Waals surface area contributed by atoms with E-state index in [1.807, 2.05) is 36.4 Å². The number of alkyl halides is 1. The zero-order valence-corrected chi connectivity index (χ0v) is 14.2. The van der Waals surface area contributed by atoms with Gasteiger partial charge in [0.05, 0.1) is 11.4 Å². The lowest BCUT2D eigenvalue weighted by molar-refractivity contribution is 0.592. The molecule has 2 nitrogen and oxygen atoms in total.